The second-order valence-electron chi connectivity index (χ2n) is 5.21. The Morgan fingerprint density at radius 2 is 2.00 bits per heavy atom. The number of ether oxygens (including phenoxy) is 2. The minimum atomic E-state index is -0.751. The SMILES string of the molecule is COCCCCOc1cc2oc3nc(=O)[nH]c(=O)c-3cc2cc1Cl. The van der Waals surface area contributed by atoms with E-state index in [4.69, 9.17) is 25.5 Å². The maximum Gasteiger partial charge on any atom is 0.351 e. The molecule has 3 rings (SSSR count). The van der Waals surface area contributed by atoms with Crippen LogP contribution in [-0.2, 0) is 4.74 Å². The van der Waals surface area contributed by atoms with Gasteiger partial charge in [0, 0.05) is 25.2 Å². The maximum absolute atomic E-state index is 11.8. The molecule has 0 fully saturated rings. The zero-order valence-electron chi connectivity index (χ0n) is 12.9. The summed E-state index contributed by atoms with van der Waals surface area (Å²) in [6.07, 6.45) is 1.71. The van der Waals surface area contributed by atoms with E-state index in [0.29, 0.717) is 35.0 Å². The van der Waals surface area contributed by atoms with Crippen LogP contribution in [0.5, 0.6) is 5.75 Å². The second kappa shape index (κ2) is 7.02. The van der Waals surface area contributed by atoms with E-state index in [1.807, 2.05) is 0 Å². The number of halogens is 1. The molecule has 2 aliphatic heterocycles. The first-order valence-corrected chi connectivity index (χ1v) is 7.75. The Balaban J connectivity index is 1.95. The van der Waals surface area contributed by atoms with E-state index < -0.39 is 11.2 Å². The van der Waals surface area contributed by atoms with Crippen LogP contribution in [0.25, 0.3) is 22.4 Å². The number of unbranched alkanes of at least 4 members (excludes halogenated alkanes) is 1. The molecular formula is C16H15ClN2O5. The topological polar surface area (TPSA) is 94.4 Å². The third-order valence-corrected chi connectivity index (χ3v) is 3.77. The quantitative estimate of drug-likeness (QED) is 0.542. The molecule has 0 spiro atoms. The average molecular weight is 351 g/mol. The van der Waals surface area contributed by atoms with Gasteiger partial charge < -0.3 is 13.9 Å². The molecule has 7 nitrogen and oxygen atoms in total. The van der Waals surface area contributed by atoms with Gasteiger partial charge in [-0.05, 0) is 25.0 Å². The molecule has 1 aromatic rings. The van der Waals surface area contributed by atoms with E-state index in [1.54, 1.807) is 25.3 Å². The van der Waals surface area contributed by atoms with E-state index in [0.717, 1.165) is 12.8 Å². The first kappa shape index (κ1) is 16.5. The largest absolute Gasteiger partial charge is 0.492 e. The van der Waals surface area contributed by atoms with Gasteiger partial charge >= 0.3 is 5.69 Å². The number of methoxy groups -OCH3 is 1. The molecule has 8 heteroatoms. The van der Waals surface area contributed by atoms with Crippen LogP contribution in [0.15, 0.2) is 32.2 Å². The standard InChI is InChI=1S/C16H15ClN2O5/c1-22-4-2-3-5-23-13-8-12-9(7-11(13)17)6-10-14(20)18-16(21)19-15(10)24-12/h6-8H,2-5H2,1H3,(H,18,20,21). The molecule has 0 saturated carbocycles. The lowest BCUT2D eigenvalue weighted by Gasteiger charge is -2.10. The summed E-state index contributed by atoms with van der Waals surface area (Å²) in [5.74, 6) is 0.446. The first-order chi connectivity index (χ1) is 11.6. The number of nitrogens with zero attached hydrogens (tertiary/aromatic N) is 1. The zero-order valence-corrected chi connectivity index (χ0v) is 13.7. The monoisotopic (exact) mass is 350 g/mol. The minimum Gasteiger partial charge on any atom is -0.492 e. The Kier molecular flexibility index (Phi) is 4.82. The fraction of sp³-hybridized carbons (Fsp3) is 0.312. The summed E-state index contributed by atoms with van der Waals surface area (Å²) in [4.78, 5) is 28.9. The van der Waals surface area contributed by atoms with Crippen molar-refractivity contribution in [2.24, 2.45) is 0 Å². The summed E-state index contributed by atoms with van der Waals surface area (Å²) < 4.78 is 16.2. The van der Waals surface area contributed by atoms with Gasteiger partial charge in [-0.1, -0.05) is 11.6 Å². The third-order valence-electron chi connectivity index (χ3n) is 3.47. The molecule has 0 aliphatic carbocycles. The van der Waals surface area contributed by atoms with Gasteiger partial charge in [0.05, 0.1) is 11.6 Å². The number of benzene rings is 1. The van der Waals surface area contributed by atoms with E-state index in [-0.39, 0.29) is 11.5 Å². The van der Waals surface area contributed by atoms with E-state index in [2.05, 4.69) is 9.97 Å². The van der Waals surface area contributed by atoms with Crippen LogP contribution in [0.3, 0.4) is 0 Å². The number of H-pyrrole nitrogens is 1. The Morgan fingerprint density at radius 3 is 2.79 bits per heavy atom. The maximum atomic E-state index is 11.8. The molecule has 126 valence electrons. The molecule has 1 N–H and O–H groups in total. The average Bonchev–Trinajstić information content (AvgIpc) is 2.54. The summed E-state index contributed by atoms with van der Waals surface area (Å²) in [5, 5.41) is 1.03. The van der Waals surface area contributed by atoms with Crippen molar-refractivity contribution in [3.05, 3.63) is 44.1 Å². The Labute approximate surface area is 141 Å². The van der Waals surface area contributed by atoms with Crippen LogP contribution in [0.1, 0.15) is 12.8 Å². The highest BCUT2D eigenvalue weighted by Crippen LogP contribution is 2.32. The number of aromatic nitrogens is 2. The fourth-order valence-electron chi connectivity index (χ4n) is 2.30. The summed E-state index contributed by atoms with van der Waals surface area (Å²) in [6, 6.07) is 4.85. The lowest BCUT2D eigenvalue weighted by Crippen LogP contribution is -2.24. The number of hydrogen-bond donors (Lipinski definition) is 1. The third kappa shape index (κ3) is 3.42. The highest BCUT2D eigenvalue weighted by Gasteiger charge is 2.15. The Hall–Kier alpha value is -2.38. The predicted octanol–water partition coefficient (Wildman–Crippen LogP) is 2.44. The molecule has 2 heterocycles. The van der Waals surface area contributed by atoms with Crippen LogP contribution in [0.4, 0.5) is 0 Å². The molecule has 0 aromatic heterocycles. The van der Waals surface area contributed by atoms with Crippen molar-refractivity contribution in [2.45, 2.75) is 12.8 Å². The second-order valence-corrected chi connectivity index (χ2v) is 5.61. The number of aromatic amines is 1. The smallest absolute Gasteiger partial charge is 0.351 e. The van der Waals surface area contributed by atoms with E-state index in [9.17, 15) is 9.59 Å². The van der Waals surface area contributed by atoms with Crippen LogP contribution >= 0.6 is 11.6 Å². The van der Waals surface area contributed by atoms with E-state index >= 15 is 0 Å². The molecule has 0 saturated heterocycles. The lowest BCUT2D eigenvalue weighted by molar-refractivity contribution is 0.184. The van der Waals surface area contributed by atoms with Gasteiger partial charge in [-0.25, -0.2) is 4.79 Å². The molecule has 0 amide bonds. The van der Waals surface area contributed by atoms with Gasteiger partial charge in [0.1, 0.15) is 16.9 Å². The normalized spacial score (nSPS) is 11.2. The van der Waals surface area contributed by atoms with Crippen molar-refractivity contribution in [1.29, 1.82) is 0 Å². The first-order valence-electron chi connectivity index (χ1n) is 7.37. The number of rotatable bonds is 6. The number of nitrogens with one attached hydrogen (secondary N) is 1. The van der Waals surface area contributed by atoms with Gasteiger partial charge in [0.15, 0.2) is 0 Å². The van der Waals surface area contributed by atoms with Crippen molar-refractivity contribution in [1.82, 2.24) is 9.97 Å². The van der Waals surface area contributed by atoms with Gasteiger partial charge in [-0.15, -0.1) is 0 Å². The van der Waals surface area contributed by atoms with Crippen molar-refractivity contribution in [2.75, 3.05) is 20.3 Å². The van der Waals surface area contributed by atoms with Gasteiger partial charge in [0.25, 0.3) is 5.56 Å². The highest BCUT2D eigenvalue weighted by atomic mass is 35.5. The van der Waals surface area contributed by atoms with Crippen molar-refractivity contribution in [3.63, 3.8) is 0 Å². The highest BCUT2D eigenvalue weighted by molar-refractivity contribution is 6.32. The molecule has 0 radical (unpaired) electrons. The lowest BCUT2D eigenvalue weighted by atomic mass is 10.1. The van der Waals surface area contributed by atoms with Crippen LogP contribution in [0, 0.1) is 0 Å². The summed E-state index contributed by atoms with van der Waals surface area (Å²) in [7, 11) is 1.65. The van der Waals surface area contributed by atoms with Crippen molar-refractivity contribution >= 4 is 22.6 Å². The summed E-state index contributed by atoms with van der Waals surface area (Å²) in [6.45, 7) is 1.17. The molecule has 24 heavy (non-hydrogen) atoms. The van der Waals surface area contributed by atoms with Gasteiger partial charge in [-0.3, -0.25) is 9.78 Å². The fourth-order valence-corrected chi connectivity index (χ4v) is 2.53. The van der Waals surface area contributed by atoms with Crippen LogP contribution in [-0.4, -0.2) is 30.3 Å². The van der Waals surface area contributed by atoms with Crippen molar-refractivity contribution < 1.29 is 13.9 Å². The summed E-state index contributed by atoms with van der Waals surface area (Å²) >= 11 is 6.22. The summed E-state index contributed by atoms with van der Waals surface area (Å²) in [5.41, 5.74) is -0.688. The molecule has 1 aromatic carbocycles. The van der Waals surface area contributed by atoms with Gasteiger partial charge in [0.2, 0.25) is 5.89 Å². The van der Waals surface area contributed by atoms with Crippen LogP contribution < -0.4 is 16.0 Å². The van der Waals surface area contributed by atoms with Gasteiger partial charge in [-0.2, -0.15) is 4.98 Å². The molecular weight excluding hydrogens is 336 g/mol. The van der Waals surface area contributed by atoms with E-state index in [1.165, 1.54) is 0 Å². The molecule has 0 atom stereocenters. The Bertz CT molecular complexity index is 949. The van der Waals surface area contributed by atoms with Crippen LogP contribution in [0.2, 0.25) is 5.02 Å². The predicted molar refractivity (Wildman–Crippen MR) is 89.1 cm³/mol. The minimum absolute atomic E-state index is 0.0235. The number of fused-ring (bicyclic) bond motifs is 2. The molecule has 2 aliphatic rings. The Morgan fingerprint density at radius 1 is 1.21 bits per heavy atom. The van der Waals surface area contributed by atoms with Crippen molar-refractivity contribution in [3.8, 4) is 17.2 Å². The molecule has 0 unspecified atom stereocenters. The molecule has 0 bridgehead atoms. The zero-order chi connectivity index (χ0) is 17.1. The number of hydrogen-bond acceptors (Lipinski definition) is 6.